The number of amides is 1. The summed E-state index contributed by atoms with van der Waals surface area (Å²) in [4.78, 5) is 44.8. The highest BCUT2D eigenvalue weighted by Crippen LogP contribution is 2.51. The van der Waals surface area contributed by atoms with Crippen LogP contribution in [0.25, 0.3) is 0 Å². The van der Waals surface area contributed by atoms with Crippen LogP contribution in [0.4, 0.5) is 18.0 Å². The minimum Gasteiger partial charge on any atom is -0.475 e. The first-order valence-corrected chi connectivity index (χ1v) is 13.1. The van der Waals surface area contributed by atoms with Crippen LogP contribution in [-0.4, -0.2) is 85.2 Å². The third kappa shape index (κ3) is 9.83. The Morgan fingerprint density at radius 3 is 1.57 bits per heavy atom. The molecule has 40 heavy (non-hydrogen) atoms. The number of nitrogens with one attached hydrogen (secondary N) is 1. The molecule has 10 nitrogen and oxygen atoms in total. The van der Waals surface area contributed by atoms with Crippen molar-refractivity contribution in [2.45, 2.75) is 72.1 Å². The second kappa shape index (κ2) is 13.0. The van der Waals surface area contributed by atoms with Gasteiger partial charge in [-0.3, -0.25) is 0 Å². The Bertz CT molecular complexity index is 1000. The van der Waals surface area contributed by atoms with Gasteiger partial charge in [0.2, 0.25) is 0 Å². The van der Waals surface area contributed by atoms with Crippen LogP contribution in [0.15, 0.2) is 23.3 Å². The van der Waals surface area contributed by atoms with Crippen LogP contribution >= 0.6 is 0 Å². The summed E-state index contributed by atoms with van der Waals surface area (Å²) < 4.78 is 46.8. The van der Waals surface area contributed by atoms with Gasteiger partial charge in [-0.2, -0.15) is 13.2 Å². The minimum absolute atomic E-state index is 0.176. The van der Waals surface area contributed by atoms with Crippen molar-refractivity contribution in [1.82, 2.24) is 10.2 Å². The van der Waals surface area contributed by atoms with Crippen LogP contribution in [-0.2, 0) is 28.6 Å². The first-order chi connectivity index (χ1) is 18.4. The van der Waals surface area contributed by atoms with Gasteiger partial charge < -0.3 is 29.5 Å². The topological polar surface area (TPSA) is 131 Å². The number of esters is 2. The standard InChI is InChI=1S/C15H23NO4.C10H15NO2.C2HF3O2/c1-5-19-12(17)6-11-7-15(8-11)9-16(10-15)13(18)20-14(2,3)4;1-2-13-9(12)3-8-4-10(5-8)6-11-7-10;3-2(4,5)1(6)7/h6H,5,7-10H2,1-4H3;3,11H,2,4-7H2,1H3;(H,6,7). The van der Waals surface area contributed by atoms with Gasteiger partial charge in [0.15, 0.2) is 0 Å². The number of carboxylic acids is 1. The molecule has 226 valence electrons. The molecule has 13 heteroatoms. The minimum atomic E-state index is -5.08. The Morgan fingerprint density at radius 2 is 1.27 bits per heavy atom. The van der Waals surface area contributed by atoms with Gasteiger partial charge in [-0.1, -0.05) is 11.1 Å². The van der Waals surface area contributed by atoms with Crippen molar-refractivity contribution in [2.24, 2.45) is 10.8 Å². The molecular weight excluding hydrogens is 537 g/mol. The summed E-state index contributed by atoms with van der Waals surface area (Å²) in [6.07, 6.45) is 1.84. The van der Waals surface area contributed by atoms with Gasteiger partial charge in [0, 0.05) is 49.2 Å². The third-order valence-corrected chi connectivity index (χ3v) is 6.57. The largest absolute Gasteiger partial charge is 0.490 e. The fraction of sp³-hybridized carbons (Fsp3) is 0.704. The van der Waals surface area contributed by atoms with Gasteiger partial charge in [0.1, 0.15) is 5.60 Å². The molecule has 2 N–H and O–H groups in total. The van der Waals surface area contributed by atoms with Crippen LogP contribution in [0.5, 0.6) is 0 Å². The molecule has 2 aliphatic heterocycles. The summed E-state index contributed by atoms with van der Waals surface area (Å²) in [5.74, 6) is -3.20. The molecule has 0 atom stereocenters. The number of ether oxygens (including phenoxy) is 3. The maximum Gasteiger partial charge on any atom is 0.490 e. The number of rotatable bonds is 4. The zero-order valence-electron chi connectivity index (χ0n) is 23.6. The Kier molecular flexibility index (Phi) is 10.8. The molecule has 4 rings (SSSR count). The van der Waals surface area contributed by atoms with Crippen molar-refractivity contribution in [3.63, 3.8) is 0 Å². The molecule has 2 aliphatic carbocycles. The van der Waals surface area contributed by atoms with Crippen molar-refractivity contribution < 1.29 is 51.7 Å². The van der Waals surface area contributed by atoms with Crippen molar-refractivity contribution >= 4 is 24.0 Å². The molecule has 0 aromatic carbocycles. The summed E-state index contributed by atoms with van der Waals surface area (Å²) in [5.41, 5.74) is 2.61. The Morgan fingerprint density at radius 1 is 0.875 bits per heavy atom. The van der Waals surface area contributed by atoms with E-state index in [4.69, 9.17) is 24.1 Å². The maximum absolute atomic E-state index is 11.8. The van der Waals surface area contributed by atoms with E-state index < -0.39 is 17.7 Å². The number of nitrogens with zero attached hydrogens (tertiary/aromatic N) is 1. The van der Waals surface area contributed by atoms with Crippen LogP contribution < -0.4 is 5.32 Å². The van der Waals surface area contributed by atoms with Crippen LogP contribution in [0.3, 0.4) is 0 Å². The predicted octanol–water partition coefficient (Wildman–Crippen LogP) is 4.00. The number of carbonyl (C=O) groups is 4. The molecule has 0 bridgehead atoms. The van der Waals surface area contributed by atoms with Crippen LogP contribution in [0.1, 0.15) is 60.3 Å². The van der Waals surface area contributed by atoms with E-state index >= 15 is 0 Å². The number of alkyl halides is 3. The first-order valence-electron chi connectivity index (χ1n) is 13.1. The second-order valence-corrected chi connectivity index (χ2v) is 11.6. The van der Waals surface area contributed by atoms with Crippen LogP contribution in [0.2, 0.25) is 0 Å². The number of hydrogen-bond acceptors (Lipinski definition) is 8. The van der Waals surface area contributed by atoms with Gasteiger partial charge in [0.25, 0.3) is 0 Å². The molecule has 0 aromatic heterocycles. The van der Waals surface area contributed by atoms with E-state index in [9.17, 15) is 27.6 Å². The van der Waals surface area contributed by atoms with Gasteiger partial charge >= 0.3 is 30.2 Å². The average molecular weight is 577 g/mol. The number of carbonyl (C=O) groups excluding carboxylic acids is 3. The Hall–Kier alpha value is -3.09. The van der Waals surface area contributed by atoms with Crippen molar-refractivity contribution in [1.29, 1.82) is 0 Å². The van der Waals surface area contributed by atoms with E-state index in [1.807, 2.05) is 27.7 Å². The summed E-state index contributed by atoms with van der Waals surface area (Å²) in [5, 5.41) is 10.4. The molecule has 0 radical (unpaired) electrons. The molecule has 2 heterocycles. The third-order valence-electron chi connectivity index (χ3n) is 6.57. The normalized spacial score (nSPS) is 19.6. The maximum atomic E-state index is 11.8. The number of hydrogen-bond donors (Lipinski definition) is 2. The Balaban J connectivity index is 0.000000239. The lowest BCUT2D eigenvalue weighted by Crippen LogP contribution is -2.62. The molecule has 2 saturated heterocycles. The second-order valence-electron chi connectivity index (χ2n) is 11.6. The van der Waals surface area contributed by atoms with Gasteiger partial charge in [0.05, 0.1) is 13.2 Å². The summed E-state index contributed by atoms with van der Waals surface area (Å²) in [7, 11) is 0. The molecular formula is C27H39F3N2O8. The summed E-state index contributed by atoms with van der Waals surface area (Å²) >= 11 is 0. The quantitative estimate of drug-likeness (QED) is 0.290. The predicted molar refractivity (Wildman–Crippen MR) is 137 cm³/mol. The number of halogens is 3. The van der Waals surface area contributed by atoms with E-state index in [0.717, 1.165) is 57.4 Å². The van der Waals surface area contributed by atoms with E-state index in [2.05, 4.69) is 5.32 Å². The molecule has 4 aliphatic rings. The number of allylic oxidation sites excluding steroid dienone is 2. The fourth-order valence-electron chi connectivity index (χ4n) is 4.90. The monoisotopic (exact) mass is 576 g/mol. The fourth-order valence-corrected chi connectivity index (χ4v) is 4.90. The zero-order chi connectivity index (χ0) is 30.4. The molecule has 0 unspecified atom stereocenters. The summed E-state index contributed by atoms with van der Waals surface area (Å²) in [6.45, 7) is 13.8. The number of likely N-dealkylation sites (tertiary alicyclic amines) is 1. The highest BCUT2D eigenvalue weighted by Gasteiger charge is 2.52. The van der Waals surface area contributed by atoms with Gasteiger partial charge in [-0.05, 0) is 60.3 Å². The lowest BCUT2D eigenvalue weighted by molar-refractivity contribution is -0.192. The lowest BCUT2D eigenvalue weighted by atomic mass is 9.61. The highest BCUT2D eigenvalue weighted by molar-refractivity contribution is 5.83. The molecule has 1 amide bonds. The summed E-state index contributed by atoms with van der Waals surface area (Å²) in [6, 6.07) is 0. The Labute approximate surface area is 231 Å². The van der Waals surface area contributed by atoms with Crippen molar-refractivity contribution in [3.8, 4) is 0 Å². The average Bonchev–Trinajstić information content (AvgIpc) is 2.69. The van der Waals surface area contributed by atoms with Gasteiger partial charge in [-0.15, -0.1) is 0 Å². The van der Waals surface area contributed by atoms with Gasteiger partial charge in [-0.25, -0.2) is 19.2 Å². The van der Waals surface area contributed by atoms with E-state index in [1.54, 1.807) is 24.0 Å². The SMILES string of the molecule is CCOC(=O)C=C1CC2(C1)CN(C(=O)OC(C)(C)C)C2.CCOC(=O)C=C1CC2(CNC2)C1.O=C(O)C(F)(F)F. The molecule has 4 fully saturated rings. The van der Waals surface area contributed by atoms with E-state index in [0.29, 0.717) is 18.6 Å². The highest BCUT2D eigenvalue weighted by atomic mass is 19.4. The molecule has 2 spiro atoms. The number of aliphatic carboxylic acids is 1. The van der Waals surface area contributed by atoms with Crippen molar-refractivity contribution in [3.05, 3.63) is 23.3 Å². The smallest absolute Gasteiger partial charge is 0.475 e. The molecule has 0 aromatic rings. The van der Waals surface area contributed by atoms with E-state index in [1.165, 1.54) is 5.57 Å². The van der Waals surface area contributed by atoms with Crippen LogP contribution in [0, 0.1) is 10.8 Å². The van der Waals surface area contributed by atoms with Crippen molar-refractivity contribution in [2.75, 3.05) is 39.4 Å². The first kappa shape index (κ1) is 33.1. The molecule has 2 saturated carbocycles. The van der Waals surface area contributed by atoms with E-state index in [-0.39, 0.29) is 23.4 Å². The number of carboxylic acid groups (broad SMARTS) is 1. The zero-order valence-corrected chi connectivity index (χ0v) is 23.6. The lowest BCUT2D eigenvalue weighted by Gasteiger charge is -2.56.